The Balaban J connectivity index is 1.89. The molecule has 0 amide bonds. The third kappa shape index (κ3) is 6.81. The highest BCUT2D eigenvalue weighted by Crippen LogP contribution is 2.36. The van der Waals surface area contributed by atoms with Crippen LogP contribution in [0.2, 0.25) is 0 Å². The summed E-state index contributed by atoms with van der Waals surface area (Å²) in [6, 6.07) is 11.7. The molecule has 2 heterocycles. The van der Waals surface area contributed by atoms with Crippen LogP contribution < -0.4 is 33.8 Å². The molecule has 0 bridgehead atoms. The zero-order chi connectivity index (χ0) is 30.9. The van der Waals surface area contributed by atoms with E-state index in [1.165, 1.54) is 15.9 Å². The maximum Gasteiger partial charge on any atom is 0.338 e. The molecule has 0 saturated carbocycles. The van der Waals surface area contributed by atoms with E-state index in [1.807, 2.05) is 19.9 Å². The molecule has 11 heteroatoms. The number of benzene rings is 2. The van der Waals surface area contributed by atoms with Gasteiger partial charge in [0.25, 0.3) is 5.56 Å². The van der Waals surface area contributed by atoms with Gasteiger partial charge in [0.05, 0.1) is 41.7 Å². The molecule has 224 valence electrons. The molecular weight excluding hydrogens is 570 g/mol. The Morgan fingerprint density at radius 3 is 2.40 bits per heavy atom. The van der Waals surface area contributed by atoms with Crippen molar-refractivity contribution in [3.8, 4) is 29.1 Å². The summed E-state index contributed by atoms with van der Waals surface area (Å²) in [4.78, 5) is 32.4. The highest BCUT2D eigenvalue weighted by Gasteiger charge is 2.34. The zero-order valence-electron chi connectivity index (χ0n) is 24.5. The summed E-state index contributed by atoms with van der Waals surface area (Å²) < 4.78 is 30.1. The fourth-order valence-corrected chi connectivity index (χ4v) is 5.65. The van der Waals surface area contributed by atoms with Crippen LogP contribution in [0.15, 0.2) is 70.1 Å². The molecule has 1 aliphatic heterocycles. The van der Waals surface area contributed by atoms with Crippen LogP contribution in [0.3, 0.4) is 0 Å². The normalized spacial score (nSPS) is 14.3. The first-order chi connectivity index (χ1) is 20.9. The SMILES string of the molecule is C=CCOc1ccc([C@@H]2C(C(=O)OCC)=C(C)N=c3sc(=Cc4ccc(OCC#N)c(OCC)c4)c(=O)n32)cc1OCC. The highest BCUT2D eigenvalue weighted by atomic mass is 32.1. The minimum absolute atomic E-state index is 0.119. The van der Waals surface area contributed by atoms with Crippen LogP contribution in [0, 0.1) is 11.3 Å². The molecule has 0 saturated heterocycles. The number of fused-ring (bicyclic) bond motifs is 1. The van der Waals surface area contributed by atoms with Gasteiger partial charge in [-0.15, -0.1) is 0 Å². The second-order valence-electron chi connectivity index (χ2n) is 9.13. The molecule has 3 aromatic rings. The Labute approximate surface area is 253 Å². The van der Waals surface area contributed by atoms with Gasteiger partial charge < -0.3 is 23.7 Å². The molecule has 0 aliphatic carbocycles. The minimum atomic E-state index is -0.814. The molecule has 2 aromatic carbocycles. The fraction of sp³-hybridized carbons (Fsp3) is 0.312. The van der Waals surface area contributed by atoms with Gasteiger partial charge in [-0.05, 0) is 69.2 Å². The molecule has 1 atom stereocenters. The summed E-state index contributed by atoms with van der Waals surface area (Å²) in [6.07, 6.45) is 3.37. The topological polar surface area (TPSA) is 121 Å². The number of aromatic nitrogens is 1. The van der Waals surface area contributed by atoms with Crippen molar-refractivity contribution >= 4 is 23.4 Å². The summed E-state index contributed by atoms with van der Waals surface area (Å²) in [5.74, 6) is 1.33. The van der Waals surface area contributed by atoms with Crippen LogP contribution in [0.25, 0.3) is 6.08 Å². The average Bonchev–Trinajstić information content (AvgIpc) is 3.29. The van der Waals surface area contributed by atoms with E-state index in [1.54, 1.807) is 62.4 Å². The van der Waals surface area contributed by atoms with Crippen molar-refractivity contribution in [1.82, 2.24) is 4.57 Å². The van der Waals surface area contributed by atoms with E-state index in [9.17, 15) is 9.59 Å². The standard InChI is InChI=1S/C32H33N3O7S/c1-6-15-41-24-13-11-22(19-26(24)39-8-3)29-28(31(37)40-9-4)20(5)34-32-35(29)30(36)27(43-32)18-21-10-12-23(42-16-14-33)25(17-21)38-7-2/h6,10-13,17-19,29H,1,7-9,15-16H2,2-5H3/t29-/m1/s1. The lowest BCUT2D eigenvalue weighted by atomic mass is 9.95. The molecule has 1 aromatic heterocycles. The van der Waals surface area contributed by atoms with Crippen molar-refractivity contribution in [2.24, 2.45) is 4.99 Å². The van der Waals surface area contributed by atoms with Crippen molar-refractivity contribution in [2.75, 3.05) is 33.0 Å². The predicted octanol–water partition coefficient (Wildman–Crippen LogP) is 4.06. The van der Waals surface area contributed by atoms with Gasteiger partial charge in [-0.2, -0.15) is 5.26 Å². The van der Waals surface area contributed by atoms with Crippen molar-refractivity contribution in [3.63, 3.8) is 0 Å². The molecule has 0 fully saturated rings. The van der Waals surface area contributed by atoms with E-state index in [4.69, 9.17) is 28.9 Å². The number of allylic oxidation sites excluding steroid dienone is 1. The smallest absolute Gasteiger partial charge is 0.338 e. The van der Waals surface area contributed by atoms with Crippen LogP contribution in [0.5, 0.6) is 23.0 Å². The number of carbonyl (C=O) groups is 1. The van der Waals surface area contributed by atoms with Crippen LogP contribution in [-0.4, -0.2) is 43.6 Å². The lowest BCUT2D eigenvalue weighted by Crippen LogP contribution is -2.40. The average molecular weight is 604 g/mol. The number of rotatable bonds is 13. The largest absolute Gasteiger partial charge is 0.490 e. The van der Waals surface area contributed by atoms with Crippen LogP contribution >= 0.6 is 11.3 Å². The number of nitrogens with zero attached hydrogens (tertiary/aromatic N) is 3. The first-order valence-electron chi connectivity index (χ1n) is 13.8. The van der Waals surface area contributed by atoms with Gasteiger partial charge in [0.2, 0.25) is 0 Å². The van der Waals surface area contributed by atoms with E-state index < -0.39 is 12.0 Å². The van der Waals surface area contributed by atoms with Gasteiger partial charge in [-0.1, -0.05) is 36.1 Å². The molecule has 1 aliphatic rings. The Morgan fingerprint density at radius 1 is 1.02 bits per heavy atom. The van der Waals surface area contributed by atoms with Gasteiger partial charge in [0, 0.05) is 0 Å². The van der Waals surface area contributed by atoms with Crippen molar-refractivity contribution in [3.05, 3.63) is 91.1 Å². The maximum atomic E-state index is 14.0. The van der Waals surface area contributed by atoms with Gasteiger partial charge in [0.15, 0.2) is 34.4 Å². The molecule has 10 nitrogen and oxygen atoms in total. The fourth-order valence-electron chi connectivity index (χ4n) is 4.60. The molecular formula is C32H33N3O7S. The van der Waals surface area contributed by atoms with E-state index in [-0.39, 0.29) is 24.3 Å². The quantitative estimate of drug-likeness (QED) is 0.212. The highest BCUT2D eigenvalue weighted by molar-refractivity contribution is 7.07. The lowest BCUT2D eigenvalue weighted by molar-refractivity contribution is -0.139. The van der Waals surface area contributed by atoms with E-state index in [0.29, 0.717) is 69.0 Å². The summed E-state index contributed by atoms with van der Waals surface area (Å²) in [6.45, 7) is 12.0. The monoisotopic (exact) mass is 603 g/mol. The van der Waals surface area contributed by atoms with Gasteiger partial charge in [-0.25, -0.2) is 9.79 Å². The number of hydrogen-bond donors (Lipinski definition) is 0. The molecule has 4 rings (SSSR count). The molecule has 0 spiro atoms. The Kier molecular flexibility index (Phi) is 10.4. The van der Waals surface area contributed by atoms with Crippen molar-refractivity contribution < 1.29 is 28.5 Å². The number of ether oxygens (including phenoxy) is 5. The summed E-state index contributed by atoms with van der Waals surface area (Å²) in [7, 11) is 0. The third-order valence-corrected chi connectivity index (χ3v) is 7.30. The van der Waals surface area contributed by atoms with Crippen LogP contribution in [0.1, 0.15) is 44.9 Å². The number of hydrogen-bond acceptors (Lipinski definition) is 10. The summed E-state index contributed by atoms with van der Waals surface area (Å²) in [5, 5.41) is 8.89. The van der Waals surface area contributed by atoms with E-state index in [2.05, 4.69) is 11.6 Å². The van der Waals surface area contributed by atoms with Crippen molar-refractivity contribution in [2.45, 2.75) is 33.7 Å². The molecule has 0 N–H and O–H groups in total. The van der Waals surface area contributed by atoms with Crippen LogP contribution in [-0.2, 0) is 9.53 Å². The maximum absolute atomic E-state index is 14.0. The number of esters is 1. The van der Waals surface area contributed by atoms with Gasteiger partial charge >= 0.3 is 5.97 Å². The summed E-state index contributed by atoms with van der Waals surface area (Å²) in [5.41, 5.74) is 1.73. The number of carbonyl (C=O) groups excluding carboxylic acids is 1. The summed E-state index contributed by atoms with van der Waals surface area (Å²) >= 11 is 1.21. The first-order valence-corrected chi connectivity index (χ1v) is 14.6. The minimum Gasteiger partial charge on any atom is -0.490 e. The third-order valence-electron chi connectivity index (χ3n) is 6.31. The van der Waals surface area contributed by atoms with E-state index in [0.717, 1.165) is 0 Å². The Bertz CT molecular complexity index is 1760. The van der Waals surface area contributed by atoms with Gasteiger partial charge in [-0.3, -0.25) is 9.36 Å². The zero-order valence-corrected chi connectivity index (χ0v) is 25.4. The molecule has 0 radical (unpaired) electrons. The second kappa shape index (κ2) is 14.4. The second-order valence-corrected chi connectivity index (χ2v) is 10.1. The Hall–Kier alpha value is -4.82. The Morgan fingerprint density at radius 2 is 1.72 bits per heavy atom. The van der Waals surface area contributed by atoms with E-state index >= 15 is 0 Å². The van der Waals surface area contributed by atoms with Gasteiger partial charge in [0.1, 0.15) is 12.7 Å². The molecule has 43 heavy (non-hydrogen) atoms. The van der Waals surface area contributed by atoms with Crippen molar-refractivity contribution in [1.29, 1.82) is 5.26 Å². The molecule has 0 unspecified atom stereocenters. The predicted molar refractivity (Wildman–Crippen MR) is 162 cm³/mol. The number of nitriles is 1. The number of thiazole rings is 1. The first kappa shape index (κ1) is 31.1. The lowest BCUT2D eigenvalue weighted by Gasteiger charge is -2.25. The van der Waals surface area contributed by atoms with Crippen LogP contribution in [0.4, 0.5) is 0 Å².